The van der Waals surface area contributed by atoms with Crippen LogP contribution in [0.4, 0.5) is 5.82 Å². The fraction of sp³-hybridized carbons (Fsp3) is 0.125. The summed E-state index contributed by atoms with van der Waals surface area (Å²) in [5.74, 6) is 1.10. The highest BCUT2D eigenvalue weighted by molar-refractivity contribution is 14.1. The molecule has 0 aliphatic rings. The minimum atomic E-state index is 0.503. The van der Waals surface area contributed by atoms with Gasteiger partial charge in [-0.1, -0.05) is 0 Å². The SMILES string of the molecule is Cc1csc(-c2ncc(I)c(N)n2)n1. The first kappa shape index (κ1) is 9.78. The molecule has 0 bridgehead atoms. The lowest BCUT2D eigenvalue weighted by atomic mass is 10.5. The molecular weight excluding hydrogens is 311 g/mol. The second kappa shape index (κ2) is 3.77. The first-order chi connectivity index (χ1) is 6.66. The van der Waals surface area contributed by atoms with Crippen molar-refractivity contribution in [2.24, 2.45) is 0 Å². The van der Waals surface area contributed by atoms with Crippen molar-refractivity contribution >= 4 is 39.7 Å². The third-order valence-corrected chi connectivity index (χ3v) is 3.37. The standard InChI is InChI=1S/C8H7IN4S/c1-4-3-14-8(12-4)7-11-2-5(9)6(10)13-7/h2-3H,1H3,(H2,10,11,13). The van der Waals surface area contributed by atoms with Gasteiger partial charge in [0, 0.05) is 17.3 Å². The van der Waals surface area contributed by atoms with Crippen LogP contribution in [0, 0.1) is 10.5 Å². The summed E-state index contributed by atoms with van der Waals surface area (Å²) in [6.45, 7) is 1.94. The first-order valence-electron chi connectivity index (χ1n) is 3.87. The molecule has 0 atom stereocenters. The average molecular weight is 318 g/mol. The molecule has 0 saturated carbocycles. The number of hydrogen-bond acceptors (Lipinski definition) is 5. The molecule has 0 unspecified atom stereocenters. The molecule has 2 N–H and O–H groups in total. The number of aryl methyl sites for hydroxylation is 1. The van der Waals surface area contributed by atoms with Crippen LogP contribution in [0.15, 0.2) is 11.6 Å². The molecule has 4 nitrogen and oxygen atoms in total. The third-order valence-electron chi connectivity index (χ3n) is 1.58. The molecule has 2 heterocycles. The van der Waals surface area contributed by atoms with E-state index in [0.29, 0.717) is 11.6 Å². The van der Waals surface area contributed by atoms with Gasteiger partial charge in [-0.25, -0.2) is 15.0 Å². The van der Waals surface area contributed by atoms with E-state index < -0.39 is 0 Å². The van der Waals surface area contributed by atoms with E-state index in [2.05, 4.69) is 37.5 Å². The van der Waals surface area contributed by atoms with E-state index in [1.165, 1.54) is 11.3 Å². The van der Waals surface area contributed by atoms with Gasteiger partial charge in [0.05, 0.1) is 3.57 Å². The van der Waals surface area contributed by atoms with Gasteiger partial charge in [0.15, 0.2) is 10.8 Å². The minimum absolute atomic E-state index is 0.503. The van der Waals surface area contributed by atoms with E-state index in [9.17, 15) is 0 Å². The summed E-state index contributed by atoms with van der Waals surface area (Å²) >= 11 is 3.62. The molecule has 0 amide bonds. The van der Waals surface area contributed by atoms with E-state index >= 15 is 0 Å². The summed E-state index contributed by atoms with van der Waals surface area (Å²) in [7, 11) is 0. The van der Waals surface area contributed by atoms with Crippen molar-refractivity contribution in [2.75, 3.05) is 5.73 Å². The van der Waals surface area contributed by atoms with Crippen molar-refractivity contribution < 1.29 is 0 Å². The van der Waals surface area contributed by atoms with Gasteiger partial charge in [-0.2, -0.15) is 0 Å². The van der Waals surface area contributed by atoms with Crippen molar-refractivity contribution in [2.45, 2.75) is 6.92 Å². The number of thiazole rings is 1. The highest BCUT2D eigenvalue weighted by Gasteiger charge is 2.07. The highest BCUT2D eigenvalue weighted by atomic mass is 127. The number of nitrogens with two attached hydrogens (primary N) is 1. The number of hydrogen-bond donors (Lipinski definition) is 1. The van der Waals surface area contributed by atoms with Crippen LogP contribution in [-0.2, 0) is 0 Å². The number of aromatic nitrogens is 3. The summed E-state index contributed by atoms with van der Waals surface area (Å²) in [6.07, 6.45) is 1.70. The van der Waals surface area contributed by atoms with Crippen molar-refractivity contribution in [3.63, 3.8) is 0 Å². The molecule has 2 aromatic rings. The molecule has 0 saturated heterocycles. The number of anilines is 1. The molecule has 72 valence electrons. The van der Waals surface area contributed by atoms with Crippen molar-refractivity contribution in [3.8, 4) is 10.8 Å². The molecule has 14 heavy (non-hydrogen) atoms. The maximum atomic E-state index is 5.68. The lowest BCUT2D eigenvalue weighted by Crippen LogP contribution is -1.97. The highest BCUT2D eigenvalue weighted by Crippen LogP contribution is 2.21. The van der Waals surface area contributed by atoms with Gasteiger partial charge in [-0.05, 0) is 29.5 Å². The van der Waals surface area contributed by atoms with E-state index in [0.717, 1.165) is 14.3 Å². The zero-order valence-electron chi connectivity index (χ0n) is 7.36. The molecular formula is C8H7IN4S. The van der Waals surface area contributed by atoms with Gasteiger partial charge in [0.2, 0.25) is 0 Å². The van der Waals surface area contributed by atoms with Crippen LogP contribution < -0.4 is 5.73 Å². The topological polar surface area (TPSA) is 64.7 Å². The predicted octanol–water partition coefficient (Wildman–Crippen LogP) is 2.10. The molecule has 0 aliphatic carbocycles. The Hall–Kier alpha value is -0.760. The van der Waals surface area contributed by atoms with Gasteiger partial charge in [-0.3, -0.25) is 0 Å². The summed E-state index contributed by atoms with van der Waals surface area (Å²) in [6, 6.07) is 0. The fourth-order valence-corrected chi connectivity index (χ4v) is 1.94. The fourth-order valence-electron chi connectivity index (χ4n) is 0.940. The molecule has 2 aromatic heterocycles. The lowest BCUT2D eigenvalue weighted by Gasteiger charge is -1.98. The predicted molar refractivity (Wildman–Crippen MR) is 65.0 cm³/mol. The van der Waals surface area contributed by atoms with Crippen LogP contribution in [0.3, 0.4) is 0 Å². The Balaban J connectivity index is 2.47. The molecule has 0 aromatic carbocycles. The largest absolute Gasteiger partial charge is 0.383 e. The van der Waals surface area contributed by atoms with Gasteiger partial charge < -0.3 is 5.73 Å². The summed E-state index contributed by atoms with van der Waals surface area (Å²) in [4.78, 5) is 12.6. The quantitative estimate of drug-likeness (QED) is 0.818. The first-order valence-corrected chi connectivity index (χ1v) is 5.83. The Labute approximate surface area is 98.8 Å². The second-order valence-electron chi connectivity index (χ2n) is 2.72. The maximum absolute atomic E-state index is 5.68. The number of nitrogens with zero attached hydrogens (tertiary/aromatic N) is 3. The molecule has 0 radical (unpaired) electrons. The Kier molecular flexibility index (Phi) is 2.64. The Morgan fingerprint density at radius 3 is 2.79 bits per heavy atom. The summed E-state index contributed by atoms with van der Waals surface area (Å²) < 4.78 is 0.861. The van der Waals surface area contributed by atoms with E-state index in [-0.39, 0.29) is 0 Å². The van der Waals surface area contributed by atoms with Gasteiger partial charge in [0.1, 0.15) is 5.82 Å². The van der Waals surface area contributed by atoms with Gasteiger partial charge in [0.25, 0.3) is 0 Å². The Morgan fingerprint density at radius 1 is 1.43 bits per heavy atom. The van der Waals surface area contributed by atoms with Gasteiger partial charge >= 0.3 is 0 Å². The Bertz CT molecular complexity index is 468. The van der Waals surface area contributed by atoms with Crippen LogP contribution >= 0.6 is 33.9 Å². The van der Waals surface area contributed by atoms with E-state index in [1.807, 2.05) is 12.3 Å². The zero-order valence-corrected chi connectivity index (χ0v) is 10.3. The van der Waals surface area contributed by atoms with Crippen LogP contribution in [0.25, 0.3) is 10.8 Å². The molecule has 6 heteroatoms. The summed E-state index contributed by atoms with van der Waals surface area (Å²) in [5, 5.41) is 2.78. The number of rotatable bonds is 1. The normalized spacial score (nSPS) is 10.4. The molecule has 2 rings (SSSR count). The van der Waals surface area contributed by atoms with Crippen molar-refractivity contribution in [1.29, 1.82) is 0 Å². The molecule has 0 aliphatic heterocycles. The van der Waals surface area contributed by atoms with E-state index in [1.54, 1.807) is 6.20 Å². The van der Waals surface area contributed by atoms with Crippen LogP contribution in [0.2, 0.25) is 0 Å². The molecule has 0 spiro atoms. The van der Waals surface area contributed by atoms with Crippen molar-refractivity contribution in [1.82, 2.24) is 15.0 Å². The number of halogens is 1. The van der Waals surface area contributed by atoms with Crippen LogP contribution in [-0.4, -0.2) is 15.0 Å². The van der Waals surface area contributed by atoms with Gasteiger partial charge in [-0.15, -0.1) is 11.3 Å². The van der Waals surface area contributed by atoms with E-state index in [4.69, 9.17) is 5.73 Å². The monoisotopic (exact) mass is 318 g/mol. The zero-order chi connectivity index (χ0) is 10.1. The Morgan fingerprint density at radius 2 is 2.21 bits per heavy atom. The van der Waals surface area contributed by atoms with Crippen LogP contribution in [0.5, 0.6) is 0 Å². The smallest absolute Gasteiger partial charge is 0.190 e. The minimum Gasteiger partial charge on any atom is -0.383 e. The number of nitrogen functional groups attached to an aromatic ring is 1. The second-order valence-corrected chi connectivity index (χ2v) is 4.74. The van der Waals surface area contributed by atoms with Crippen LogP contribution in [0.1, 0.15) is 5.69 Å². The average Bonchev–Trinajstić information content (AvgIpc) is 2.57. The lowest BCUT2D eigenvalue weighted by molar-refractivity contribution is 1.14. The van der Waals surface area contributed by atoms with Crippen molar-refractivity contribution in [3.05, 3.63) is 20.8 Å². The maximum Gasteiger partial charge on any atom is 0.190 e. The summed E-state index contributed by atoms with van der Waals surface area (Å²) in [5.41, 5.74) is 6.66. The molecule has 0 fully saturated rings. The third kappa shape index (κ3) is 1.85.